The summed E-state index contributed by atoms with van der Waals surface area (Å²) >= 11 is 3.55. The van der Waals surface area contributed by atoms with Crippen LogP contribution in [0.1, 0.15) is 44.6 Å². The Morgan fingerprint density at radius 2 is 2.30 bits per heavy atom. The van der Waals surface area contributed by atoms with E-state index in [1.54, 1.807) is 0 Å². The molecule has 0 aromatic heterocycles. The van der Waals surface area contributed by atoms with Crippen LogP contribution in [0.3, 0.4) is 0 Å². The van der Waals surface area contributed by atoms with Gasteiger partial charge in [0, 0.05) is 22.9 Å². The molecule has 126 valence electrons. The normalized spacial score (nSPS) is 24.0. The van der Waals surface area contributed by atoms with Crippen molar-refractivity contribution in [2.45, 2.75) is 44.4 Å². The second kappa shape index (κ2) is 7.35. The summed E-state index contributed by atoms with van der Waals surface area (Å²) in [5.41, 5.74) is 1.52. The first-order valence-electron chi connectivity index (χ1n) is 8.82. The van der Waals surface area contributed by atoms with Gasteiger partial charge in [0.15, 0.2) is 0 Å². The SMILES string of the molecule is CC(CC(=O)NCC1(c2cccc(Br)c2)CC1)C1CCCNC1. The number of benzene rings is 1. The van der Waals surface area contributed by atoms with Crippen molar-refractivity contribution in [3.05, 3.63) is 34.3 Å². The lowest BCUT2D eigenvalue weighted by molar-refractivity contribution is -0.122. The average molecular weight is 379 g/mol. The van der Waals surface area contributed by atoms with E-state index < -0.39 is 0 Å². The number of hydrogen-bond donors (Lipinski definition) is 2. The van der Waals surface area contributed by atoms with Crippen molar-refractivity contribution in [1.82, 2.24) is 10.6 Å². The van der Waals surface area contributed by atoms with E-state index in [4.69, 9.17) is 0 Å². The van der Waals surface area contributed by atoms with E-state index in [0.717, 1.165) is 24.1 Å². The van der Waals surface area contributed by atoms with Crippen molar-refractivity contribution in [2.75, 3.05) is 19.6 Å². The highest BCUT2D eigenvalue weighted by Gasteiger charge is 2.44. The maximum absolute atomic E-state index is 12.3. The van der Waals surface area contributed by atoms with Crippen LogP contribution in [0.15, 0.2) is 28.7 Å². The van der Waals surface area contributed by atoms with Gasteiger partial charge in [0.1, 0.15) is 0 Å². The molecule has 0 spiro atoms. The van der Waals surface area contributed by atoms with Gasteiger partial charge in [0.2, 0.25) is 5.91 Å². The van der Waals surface area contributed by atoms with E-state index >= 15 is 0 Å². The van der Waals surface area contributed by atoms with E-state index in [-0.39, 0.29) is 11.3 Å². The standard InChI is InChI=1S/C19H27BrN2O/c1-14(15-4-3-9-21-12-15)10-18(23)22-13-19(7-8-19)16-5-2-6-17(20)11-16/h2,5-6,11,14-15,21H,3-4,7-10,12-13H2,1H3,(H,22,23). The van der Waals surface area contributed by atoms with Gasteiger partial charge in [-0.1, -0.05) is 35.0 Å². The Labute approximate surface area is 147 Å². The number of carbonyl (C=O) groups is 1. The highest BCUT2D eigenvalue weighted by molar-refractivity contribution is 9.10. The third-order valence-corrected chi connectivity index (χ3v) is 6.05. The quantitative estimate of drug-likeness (QED) is 0.793. The first-order valence-corrected chi connectivity index (χ1v) is 9.62. The zero-order valence-corrected chi connectivity index (χ0v) is 15.5. The minimum absolute atomic E-state index is 0.176. The molecular formula is C19H27BrN2O. The molecule has 2 aliphatic rings. The van der Waals surface area contributed by atoms with E-state index in [2.05, 4.69) is 57.8 Å². The Morgan fingerprint density at radius 3 is 2.96 bits per heavy atom. The molecule has 1 heterocycles. The van der Waals surface area contributed by atoms with Crippen LogP contribution >= 0.6 is 15.9 Å². The molecular weight excluding hydrogens is 352 g/mol. The third kappa shape index (κ3) is 4.36. The summed E-state index contributed by atoms with van der Waals surface area (Å²) in [5, 5.41) is 6.64. The Bertz CT molecular complexity index is 550. The first kappa shape index (κ1) is 17.0. The molecule has 23 heavy (non-hydrogen) atoms. The molecule has 0 radical (unpaired) electrons. The second-order valence-electron chi connectivity index (χ2n) is 7.36. The van der Waals surface area contributed by atoms with Crippen molar-refractivity contribution >= 4 is 21.8 Å². The number of carbonyl (C=O) groups excluding carboxylic acids is 1. The lowest BCUT2D eigenvalue weighted by Gasteiger charge is -2.28. The lowest BCUT2D eigenvalue weighted by Crippen LogP contribution is -2.37. The monoisotopic (exact) mass is 378 g/mol. The van der Waals surface area contributed by atoms with Crippen LogP contribution in [0, 0.1) is 11.8 Å². The van der Waals surface area contributed by atoms with Crippen LogP contribution in [-0.4, -0.2) is 25.5 Å². The second-order valence-corrected chi connectivity index (χ2v) is 8.27. The highest BCUT2D eigenvalue weighted by atomic mass is 79.9. The fraction of sp³-hybridized carbons (Fsp3) is 0.632. The molecule has 4 heteroatoms. The number of rotatable bonds is 6. The third-order valence-electron chi connectivity index (χ3n) is 5.56. The van der Waals surface area contributed by atoms with Crippen molar-refractivity contribution < 1.29 is 4.79 Å². The fourth-order valence-electron chi connectivity index (χ4n) is 3.70. The molecule has 2 unspecified atom stereocenters. The van der Waals surface area contributed by atoms with Gasteiger partial charge in [0.05, 0.1) is 0 Å². The molecule has 1 aromatic rings. The summed E-state index contributed by atoms with van der Waals surface area (Å²) in [5.74, 6) is 1.32. The van der Waals surface area contributed by atoms with Crippen molar-refractivity contribution in [3.63, 3.8) is 0 Å². The first-order chi connectivity index (χ1) is 11.1. The zero-order chi connectivity index (χ0) is 16.3. The van der Waals surface area contributed by atoms with Crippen molar-refractivity contribution in [2.24, 2.45) is 11.8 Å². The lowest BCUT2D eigenvalue weighted by atomic mass is 9.85. The maximum atomic E-state index is 12.3. The van der Waals surface area contributed by atoms with Crippen LogP contribution in [0.5, 0.6) is 0 Å². The highest BCUT2D eigenvalue weighted by Crippen LogP contribution is 2.48. The van der Waals surface area contributed by atoms with Crippen molar-refractivity contribution in [1.29, 1.82) is 0 Å². The molecule has 1 saturated heterocycles. The zero-order valence-electron chi connectivity index (χ0n) is 13.9. The molecule has 2 fully saturated rings. The smallest absolute Gasteiger partial charge is 0.220 e. The summed E-state index contributed by atoms with van der Waals surface area (Å²) in [6.45, 7) is 5.19. The van der Waals surface area contributed by atoms with Crippen LogP contribution < -0.4 is 10.6 Å². The summed E-state index contributed by atoms with van der Waals surface area (Å²) in [6.07, 6.45) is 5.49. The van der Waals surface area contributed by atoms with E-state index in [1.165, 1.54) is 31.2 Å². The summed E-state index contributed by atoms with van der Waals surface area (Å²) in [6, 6.07) is 8.51. The Balaban J connectivity index is 1.49. The van der Waals surface area contributed by atoms with Crippen LogP contribution in [0.2, 0.25) is 0 Å². The van der Waals surface area contributed by atoms with Gasteiger partial charge in [-0.15, -0.1) is 0 Å². The molecule has 1 aliphatic heterocycles. The summed E-state index contributed by atoms with van der Waals surface area (Å²) in [4.78, 5) is 12.3. The molecule has 1 amide bonds. The van der Waals surface area contributed by atoms with Crippen LogP contribution in [0.4, 0.5) is 0 Å². The van der Waals surface area contributed by atoms with Crippen LogP contribution in [-0.2, 0) is 10.2 Å². The molecule has 1 saturated carbocycles. The van der Waals surface area contributed by atoms with Gasteiger partial charge in [0.25, 0.3) is 0 Å². The largest absolute Gasteiger partial charge is 0.355 e. The minimum atomic E-state index is 0.176. The molecule has 1 aliphatic carbocycles. The van der Waals surface area contributed by atoms with Gasteiger partial charge in [-0.2, -0.15) is 0 Å². The van der Waals surface area contributed by atoms with E-state index in [1.807, 2.05) is 0 Å². The van der Waals surface area contributed by atoms with Crippen molar-refractivity contribution in [3.8, 4) is 0 Å². The molecule has 2 N–H and O–H groups in total. The number of hydrogen-bond acceptors (Lipinski definition) is 2. The Hall–Kier alpha value is -0.870. The number of piperidine rings is 1. The summed E-state index contributed by atoms with van der Waals surface area (Å²) in [7, 11) is 0. The summed E-state index contributed by atoms with van der Waals surface area (Å²) < 4.78 is 1.12. The van der Waals surface area contributed by atoms with Gasteiger partial charge in [-0.05, 0) is 68.3 Å². The van der Waals surface area contributed by atoms with E-state index in [9.17, 15) is 4.79 Å². The predicted molar refractivity (Wildman–Crippen MR) is 97.4 cm³/mol. The number of amides is 1. The number of halogens is 1. The van der Waals surface area contributed by atoms with Gasteiger partial charge >= 0.3 is 0 Å². The van der Waals surface area contributed by atoms with Crippen LogP contribution in [0.25, 0.3) is 0 Å². The van der Waals surface area contributed by atoms with Gasteiger partial charge < -0.3 is 10.6 Å². The van der Waals surface area contributed by atoms with Gasteiger partial charge in [-0.3, -0.25) is 4.79 Å². The Morgan fingerprint density at radius 1 is 1.48 bits per heavy atom. The minimum Gasteiger partial charge on any atom is -0.355 e. The maximum Gasteiger partial charge on any atom is 0.220 e. The van der Waals surface area contributed by atoms with Gasteiger partial charge in [-0.25, -0.2) is 0 Å². The molecule has 2 atom stereocenters. The Kier molecular flexibility index (Phi) is 5.42. The molecule has 1 aromatic carbocycles. The molecule has 0 bridgehead atoms. The molecule has 3 nitrogen and oxygen atoms in total. The predicted octanol–water partition coefficient (Wildman–Crippen LogP) is 3.62. The average Bonchev–Trinajstić information content (AvgIpc) is 3.35. The fourth-order valence-corrected chi connectivity index (χ4v) is 4.10. The molecule has 3 rings (SSSR count). The number of nitrogens with one attached hydrogen (secondary N) is 2. The topological polar surface area (TPSA) is 41.1 Å². The van der Waals surface area contributed by atoms with E-state index in [0.29, 0.717) is 18.3 Å².